The van der Waals surface area contributed by atoms with Crippen LogP contribution < -0.4 is 10.2 Å². The highest BCUT2D eigenvalue weighted by atomic mass is 16.4. The molecule has 126 valence electrons. The summed E-state index contributed by atoms with van der Waals surface area (Å²) in [5, 5.41) is 13.5. The maximum atomic E-state index is 11.3. The lowest BCUT2D eigenvalue weighted by Gasteiger charge is -2.31. The van der Waals surface area contributed by atoms with Crippen LogP contribution in [0.4, 0.5) is 5.69 Å². The Bertz CT molecular complexity index is 919. The lowest BCUT2D eigenvalue weighted by molar-refractivity contribution is 0.0697. The Morgan fingerprint density at radius 3 is 2.52 bits per heavy atom. The van der Waals surface area contributed by atoms with E-state index in [-0.39, 0.29) is 5.56 Å². The number of nitrogens with one attached hydrogen (secondary N) is 1. The quantitative estimate of drug-likeness (QED) is 0.771. The first-order chi connectivity index (χ1) is 12.2. The van der Waals surface area contributed by atoms with Gasteiger partial charge < -0.3 is 15.3 Å². The molecular weight excluding hydrogens is 314 g/mol. The van der Waals surface area contributed by atoms with E-state index in [1.54, 1.807) is 18.2 Å². The van der Waals surface area contributed by atoms with Gasteiger partial charge in [-0.05, 0) is 24.3 Å². The van der Waals surface area contributed by atoms with Crippen molar-refractivity contribution in [1.29, 1.82) is 0 Å². The average molecular weight is 333 g/mol. The molecule has 25 heavy (non-hydrogen) atoms. The van der Waals surface area contributed by atoms with Gasteiger partial charge in [-0.2, -0.15) is 0 Å². The molecule has 0 atom stereocenters. The second-order valence-electron chi connectivity index (χ2n) is 6.17. The standard InChI is InChI=1S/C20H19N3O2/c24-20(25)15-6-7-17-16(12-15)13-18(23-10-8-21-9-11-23)19(22-17)14-4-2-1-3-5-14/h1-7,12-13,21H,8-11H2,(H,24,25). The number of hydrogen-bond donors (Lipinski definition) is 2. The largest absolute Gasteiger partial charge is 0.478 e. The Balaban J connectivity index is 1.91. The summed E-state index contributed by atoms with van der Waals surface area (Å²) in [6.45, 7) is 3.68. The van der Waals surface area contributed by atoms with E-state index >= 15 is 0 Å². The number of carboxylic acids is 1. The van der Waals surface area contributed by atoms with Crippen LogP contribution >= 0.6 is 0 Å². The summed E-state index contributed by atoms with van der Waals surface area (Å²) >= 11 is 0. The minimum Gasteiger partial charge on any atom is -0.478 e. The van der Waals surface area contributed by atoms with Gasteiger partial charge in [0.2, 0.25) is 0 Å². The number of pyridine rings is 1. The zero-order valence-corrected chi connectivity index (χ0v) is 13.8. The van der Waals surface area contributed by atoms with E-state index in [2.05, 4.69) is 28.4 Å². The molecule has 0 bridgehead atoms. The van der Waals surface area contributed by atoms with Crippen LogP contribution in [-0.2, 0) is 0 Å². The molecule has 0 radical (unpaired) electrons. The molecule has 2 aromatic carbocycles. The van der Waals surface area contributed by atoms with Crippen LogP contribution in [0.25, 0.3) is 22.2 Å². The molecule has 0 amide bonds. The van der Waals surface area contributed by atoms with E-state index < -0.39 is 5.97 Å². The van der Waals surface area contributed by atoms with Gasteiger partial charge in [-0.1, -0.05) is 30.3 Å². The van der Waals surface area contributed by atoms with Crippen LogP contribution in [0.2, 0.25) is 0 Å². The number of fused-ring (bicyclic) bond motifs is 1. The maximum Gasteiger partial charge on any atom is 0.335 e. The summed E-state index contributed by atoms with van der Waals surface area (Å²) in [6.07, 6.45) is 0. The summed E-state index contributed by atoms with van der Waals surface area (Å²) in [6, 6.07) is 17.3. The molecule has 0 spiro atoms. The van der Waals surface area contributed by atoms with Crippen LogP contribution in [0.3, 0.4) is 0 Å². The maximum absolute atomic E-state index is 11.3. The summed E-state index contributed by atoms with van der Waals surface area (Å²) in [4.78, 5) is 18.5. The summed E-state index contributed by atoms with van der Waals surface area (Å²) in [7, 11) is 0. The van der Waals surface area contributed by atoms with E-state index in [1.807, 2.05) is 18.2 Å². The number of carbonyl (C=O) groups is 1. The summed E-state index contributed by atoms with van der Waals surface area (Å²) < 4.78 is 0. The van der Waals surface area contributed by atoms with Crippen LogP contribution in [0.5, 0.6) is 0 Å². The molecule has 0 unspecified atom stereocenters. The van der Waals surface area contributed by atoms with Gasteiger partial charge in [0, 0.05) is 37.1 Å². The third-order valence-electron chi connectivity index (χ3n) is 4.55. The van der Waals surface area contributed by atoms with Crippen LogP contribution in [0.1, 0.15) is 10.4 Å². The zero-order valence-electron chi connectivity index (χ0n) is 13.8. The molecule has 5 nitrogen and oxygen atoms in total. The number of aromatic nitrogens is 1. The fourth-order valence-electron chi connectivity index (χ4n) is 3.25. The number of benzene rings is 2. The lowest BCUT2D eigenvalue weighted by Crippen LogP contribution is -2.43. The number of piperazine rings is 1. The number of carboxylic acid groups (broad SMARTS) is 1. The topological polar surface area (TPSA) is 65.5 Å². The molecular formula is C20H19N3O2. The van der Waals surface area contributed by atoms with Crippen molar-refractivity contribution in [2.75, 3.05) is 31.1 Å². The van der Waals surface area contributed by atoms with Gasteiger partial charge in [0.15, 0.2) is 0 Å². The van der Waals surface area contributed by atoms with Crippen molar-refractivity contribution < 1.29 is 9.90 Å². The smallest absolute Gasteiger partial charge is 0.335 e. The van der Waals surface area contributed by atoms with Gasteiger partial charge in [-0.3, -0.25) is 0 Å². The van der Waals surface area contributed by atoms with Gasteiger partial charge in [-0.25, -0.2) is 9.78 Å². The van der Waals surface area contributed by atoms with E-state index in [0.29, 0.717) is 0 Å². The van der Waals surface area contributed by atoms with E-state index in [4.69, 9.17) is 4.98 Å². The molecule has 1 saturated heterocycles. The Labute approximate surface area is 145 Å². The zero-order chi connectivity index (χ0) is 17.2. The molecule has 1 aromatic heterocycles. The van der Waals surface area contributed by atoms with Crippen LogP contribution in [0.15, 0.2) is 54.6 Å². The molecule has 2 heterocycles. The average Bonchev–Trinajstić information content (AvgIpc) is 2.68. The minimum atomic E-state index is -0.919. The van der Waals surface area contributed by atoms with E-state index in [9.17, 15) is 9.90 Å². The Morgan fingerprint density at radius 1 is 1.04 bits per heavy atom. The predicted octanol–water partition coefficient (Wildman–Crippen LogP) is 3.01. The van der Waals surface area contributed by atoms with Crippen molar-refractivity contribution in [3.05, 3.63) is 60.2 Å². The van der Waals surface area contributed by atoms with Gasteiger partial charge in [-0.15, -0.1) is 0 Å². The molecule has 0 saturated carbocycles. The normalized spacial score (nSPS) is 14.6. The third kappa shape index (κ3) is 3.06. The van der Waals surface area contributed by atoms with Crippen molar-refractivity contribution in [2.45, 2.75) is 0 Å². The highest BCUT2D eigenvalue weighted by molar-refractivity contribution is 5.96. The van der Waals surface area contributed by atoms with Gasteiger partial charge in [0.25, 0.3) is 0 Å². The van der Waals surface area contributed by atoms with Crippen molar-refractivity contribution in [1.82, 2.24) is 10.3 Å². The summed E-state index contributed by atoms with van der Waals surface area (Å²) in [5.74, 6) is -0.919. The first-order valence-electron chi connectivity index (χ1n) is 8.41. The highest BCUT2D eigenvalue weighted by Crippen LogP contribution is 2.33. The molecule has 4 rings (SSSR count). The number of aromatic carboxylic acids is 1. The molecule has 5 heteroatoms. The first kappa shape index (κ1) is 15.6. The Morgan fingerprint density at radius 2 is 1.80 bits per heavy atom. The first-order valence-corrected chi connectivity index (χ1v) is 8.41. The van der Waals surface area contributed by atoms with Crippen LogP contribution in [0, 0.1) is 0 Å². The predicted molar refractivity (Wildman–Crippen MR) is 99.2 cm³/mol. The van der Waals surface area contributed by atoms with Crippen LogP contribution in [-0.4, -0.2) is 42.2 Å². The molecule has 1 aliphatic rings. The highest BCUT2D eigenvalue weighted by Gasteiger charge is 2.18. The lowest BCUT2D eigenvalue weighted by atomic mass is 10.0. The molecule has 2 N–H and O–H groups in total. The molecule has 1 fully saturated rings. The number of hydrogen-bond acceptors (Lipinski definition) is 4. The van der Waals surface area contributed by atoms with Gasteiger partial charge in [0.1, 0.15) is 0 Å². The summed E-state index contributed by atoms with van der Waals surface area (Å²) in [5.41, 5.74) is 4.16. The molecule has 3 aromatic rings. The van der Waals surface area contributed by atoms with E-state index in [0.717, 1.165) is 54.0 Å². The van der Waals surface area contributed by atoms with Crippen molar-refractivity contribution >= 4 is 22.6 Å². The van der Waals surface area contributed by atoms with Crippen molar-refractivity contribution in [3.63, 3.8) is 0 Å². The fraction of sp³-hybridized carbons (Fsp3) is 0.200. The Hall–Kier alpha value is -2.92. The molecule has 1 aliphatic heterocycles. The number of nitrogens with zero attached hydrogens (tertiary/aromatic N) is 2. The molecule has 0 aliphatic carbocycles. The van der Waals surface area contributed by atoms with Gasteiger partial charge >= 0.3 is 5.97 Å². The van der Waals surface area contributed by atoms with Crippen molar-refractivity contribution in [3.8, 4) is 11.3 Å². The number of anilines is 1. The third-order valence-corrected chi connectivity index (χ3v) is 4.55. The Kier molecular flexibility index (Phi) is 4.07. The van der Waals surface area contributed by atoms with Crippen molar-refractivity contribution in [2.24, 2.45) is 0 Å². The minimum absolute atomic E-state index is 0.285. The van der Waals surface area contributed by atoms with Gasteiger partial charge in [0.05, 0.1) is 22.5 Å². The SMILES string of the molecule is O=C(O)c1ccc2nc(-c3ccccc3)c(N3CCNCC3)cc2c1. The fourth-order valence-corrected chi connectivity index (χ4v) is 3.25. The second-order valence-corrected chi connectivity index (χ2v) is 6.17. The number of rotatable bonds is 3. The monoisotopic (exact) mass is 333 g/mol. The second kappa shape index (κ2) is 6.53. The van der Waals surface area contributed by atoms with E-state index in [1.165, 1.54) is 0 Å².